The van der Waals surface area contributed by atoms with Crippen molar-refractivity contribution in [3.8, 4) is 0 Å². The molecule has 0 bridgehead atoms. The smallest absolute Gasteiger partial charge is 0.333 e. The highest BCUT2D eigenvalue weighted by atomic mass is 16.7. The Morgan fingerprint density at radius 3 is 2.30 bits per heavy atom. The maximum absolute atomic E-state index is 12.6. The summed E-state index contributed by atoms with van der Waals surface area (Å²) < 4.78 is 23.6. The molecule has 0 aromatic carbocycles. The summed E-state index contributed by atoms with van der Waals surface area (Å²) in [4.78, 5) is 24.3. The van der Waals surface area contributed by atoms with Crippen LogP contribution >= 0.6 is 0 Å². The minimum absolute atomic E-state index is 0.213. The molecule has 1 fully saturated rings. The first-order valence-electron chi connectivity index (χ1n) is 15.2. The Kier molecular flexibility index (Phi) is 14.1. The van der Waals surface area contributed by atoms with Gasteiger partial charge in [0.05, 0.1) is 12.2 Å². The number of aliphatic hydroxyl groups excluding tert-OH is 3. The largest absolute Gasteiger partial charge is 0.459 e. The monoisotopic (exact) mass is 604 g/mol. The maximum Gasteiger partial charge on any atom is 0.333 e. The van der Waals surface area contributed by atoms with Crippen molar-refractivity contribution in [2.75, 3.05) is 0 Å². The number of ether oxygens (including phenoxy) is 4. The minimum atomic E-state index is -1.48. The first-order chi connectivity index (χ1) is 20.1. The lowest BCUT2D eigenvalue weighted by molar-refractivity contribution is -0.333. The molecule has 8 atom stereocenters. The van der Waals surface area contributed by atoms with Crippen LogP contribution in [0.25, 0.3) is 0 Å². The van der Waals surface area contributed by atoms with E-state index in [1.54, 1.807) is 39.0 Å². The van der Waals surface area contributed by atoms with Crippen molar-refractivity contribution < 1.29 is 43.9 Å². The fourth-order valence-corrected chi connectivity index (χ4v) is 5.28. The lowest BCUT2D eigenvalue weighted by Crippen LogP contribution is -2.64. The third kappa shape index (κ3) is 10.5. The number of aliphatic hydroxyl groups is 3. The molecule has 2 heterocycles. The van der Waals surface area contributed by atoms with Gasteiger partial charge in [-0.15, -0.1) is 0 Å². The number of esters is 2. The summed E-state index contributed by atoms with van der Waals surface area (Å²) in [5.41, 5.74) is 1.87. The molecule has 2 rings (SSSR count). The number of cyclic esters (lactones) is 1. The molecule has 9 nitrogen and oxygen atoms in total. The van der Waals surface area contributed by atoms with E-state index in [0.717, 1.165) is 16.7 Å². The van der Waals surface area contributed by atoms with Crippen LogP contribution in [0.3, 0.4) is 0 Å². The second-order valence-electron chi connectivity index (χ2n) is 12.2. The van der Waals surface area contributed by atoms with Gasteiger partial charge < -0.3 is 34.3 Å². The van der Waals surface area contributed by atoms with Crippen LogP contribution in [0.1, 0.15) is 88.0 Å². The molecule has 0 aromatic heterocycles. The van der Waals surface area contributed by atoms with E-state index in [4.69, 9.17) is 18.9 Å². The Morgan fingerprint density at radius 1 is 1.02 bits per heavy atom. The van der Waals surface area contributed by atoms with E-state index in [1.165, 1.54) is 6.92 Å². The molecular weight excluding hydrogens is 552 g/mol. The Balaban J connectivity index is 2.53. The molecule has 242 valence electrons. The van der Waals surface area contributed by atoms with Crippen molar-refractivity contribution in [2.24, 2.45) is 5.92 Å². The molecule has 0 aromatic rings. The molecule has 0 radical (unpaired) electrons. The molecule has 2 aliphatic rings. The molecule has 0 aliphatic carbocycles. The zero-order valence-corrected chi connectivity index (χ0v) is 27.2. The molecule has 43 heavy (non-hydrogen) atoms. The van der Waals surface area contributed by atoms with Crippen molar-refractivity contribution in [1.29, 1.82) is 0 Å². The van der Waals surface area contributed by atoms with E-state index in [0.29, 0.717) is 31.3 Å². The summed E-state index contributed by atoms with van der Waals surface area (Å²) in [7, 11) is 0. The Hall–Kier alpha value is -2.56. The number of rotatable bonds is 5. The zero-order chi connectivity index (χ0) is 32.5. The van der Waals surface area contributed by atoms with Crippen molar-refractivity contribution in [3.05, 3.63) is 58.7 Å². The first kappa shape index (κ1) is 36.6. The van der Waals surface area contributed by atoms with E-state index in [1.807, 2.05) is 52.8 Å². The molecule has 1 saturated heterocycles. The second-order valence-corrected chi connectivity index (χ2v) is 12.2. The average Bonchev–Trinajstić information content (AvgIpc) is 2.94. The first-order valence-corrected chi connectivity index (χ1v) is 15.2. The molecule has 2 aliphatic heterocycles. The van der Waals surface area contributed by atoms with E-state index in [9.17, 15) is 24.9 Å². The van der Waals surface area contributed by atoms with Crippen molar-refractivity contribution in [2.45, 2.75) is 137 Å². The van der Waals surface area contributed by atoms with Crippen LogP contribution in [-0.4, -0.2) is 75.8 Å². The Bertz CT molecular complexity index is 1110. The van der Waals surface area contributed by atoms with E-state index < -0.39 is 48.4 Å². The highest BCUT2D eigenvalue weighted by molar-refractivity contribution is 5.88. The zero-order valence-electron chi connectivity index (χ0n) is 27.2. The molecule has 3 N–H and O–H groups in total. The van der Waals surface area contributed by atoms with Crippen molar-refractivity contribution in [1.82, 2.24) is 0 Å². The fourth-order valence-electron chi connectivity index (χ4n) is 5.28. The lowest BCUT2D eigenvalue weighted by atomic mass is 9.88. The highest BCUT2D eigenvalue weighted by Gasteiger charge is 2.52. The quantitative estimate of drug-likeness (QED) is 0.293. The van der Waals surface area contributed by atoms with Crippen LogP contribution in [0.15, 0.2) is 58.7 Å². The maximum atomic E-state index is 12.6. The third-order valence-electron chi connectivity index (χ3n) is 7.98. The molecule has 0 spiro atoms. The molecular formula is C34H52O9. The molecule has 9 heteroatoms. The van der Waals surface area contributed by atoms with Crippen LogP contribution in [0.5, 0.6) is 0 Å². The van der Waals surface area contributed by atoms with Gasteiger partial charge in [-0.3, -0.25) is 4.79 Å². The average molecular weight is 605 g/mol. The molecule has 8 unspecified atom stereocenters. The predicted octanol–water partition coefficient (Wildman–Crippen LogP) is 5.00. The predicted molar refractivity (Wildman–Crippen MR) is 165 cm³/mol. The van der Waals surface area contributed by atoms with E-state index in [2.05, 4.69) is 0 Å². The van der Waals surface area contributed by atoms with E-state index >= 15 is 0 Å². The second kappa shape index (κ2) is 16.5. The van der Waals surface area contributed by atoms with Crippen LogP contribution in [0, 0.1) is 5.92 Å². The van der Waals surface area contributed by atoms with Gasteiger partial charge in [0.1, 0.15) is 23.9 Å². The summed E-state index contributed by atoms with van der Waals surface area (Å²) in [6.45, 7) is 16.0. The van der Waals surface area contributed by atoms with Gasteiger partial charge in [-0.1, -0.05) is 55.9 Å². The number of carbonyl (C=O) groups excluding carboxylic acids is 2. The van der Waals surface area contributed by atoms with E-state index in [-0.39, 0.29) is 18.0 Å². The van der Waals surface area contributed by atoms with Crippen LogP contribution in [0.2, 0.25) is 0 Å². The number of hydrogen-bond acceptors (Lipinski definition) is 9. The standard InChI is InChI=1S/C34H52O9/c1-10-25-19-22(5)27(36)15-13-12-14-21(4)32(39)41-26(11-2)17-16-20(3)18-23(6)30(25)42-33-29(38)28(37)31(40-24(7)35)34(8,9)43-33/h12-14,16,18-19,25-31,33,36-38H,10-11,15,17H2,1-9H3/b13-12+,20-16+,21-14+,22-19+,23-18+. The number of allylic oxidation sites excluding steroid dienone is 4. The van der Waals surface area contributed by atoms with Crippen LogP contribution < -0.4 is 0 Å². The number of hydrogen-bond donors (Lipinski definition) is 3. The SMILES string of the molecule is CCC1C/C=C(C)/C=C(\C)C(OC2OC(C)(C)C(OC(C)=O)C(O)C2O)C(CC)/C=C(\C)C(O)C/C=C/C=C(\C)C(=O)O1. The fraction of sp³-hybridized carbons (Fsp3) is 0.647. The van der Waals surface area contributed by atoms with Gasteiger partial charge in [0.2, 0.25) is 0 Å². The van der Waals surface area contributed by atoms with Crippen molar-refractivity contribution >= 4 is 11.9 Å². The summed E-state index contributed by atoms with van der Waals surface area (Å²) in [5, 5.41) is 32.8. The molecule has 0 amide bonds. The van der Waals surface area contributed by atoms with Crippen molar-refractivity contribution in [3.63, 3.8) is 0 Å². The molecule has 0 saturated carbocycles. The van der Waals surface area contributed by atoms with Gasteiger partial charge in [-0.05, 0) is 72.0 Å². The summed E-state index contributed by atoms with van der Waals surface area (Å²) in [6.07, 6.45) is 6.55. The van der Waals surface area contributed by atoms with Gasteiger partial charge in [0.25, 0.3) is 0 Å². The van der Waals surface area contributed by atoms with Gasteiger partial charge in [0.15, 0.2) is 12.4 Å². The lowest BCUT2D eigenvalue weighted by Gasteiger charge is -2.47. The minimum Gasteiger partial charge on any atom is -0.459 e. The topological polar surface area (TPSA) is 132 Å². The number of carbonyl (C=O) groups is 2. The van der Waals surface area contributed by atoms with Crippen LogP contribution in [-0.2, 0) is 28.5 Å². The third-order valence-corrected chi connectivity index (χ3v) is 7.98. The normalized spacial score (nSPS) is 38.7. The Labute approximate surface area is 256 Å². The van der Waals surface area contributed by atoms with Gasteiger partial charge >= 0.3 is 11.9 Å². The highest BCUT2D eigenvalue weighted by Crippen LogP contribution is 2.35. The van der Waals surface area contributed by atoms with Gasteiger partial charge in [0, 0.05) is 24.8 Å². The summed E-state index contributed by atoms with van der Waals surface area (Å²) in [5.74, 6) is -1.18. The summed E-state index contributed by atoms with van der Waals surface area (Å²) >= 11 is 0. The summed E-state index contributed by atoms with van der Waals surface area (Å²) in [6, 6.07) is 0. The van der Waals surface area contributed by atoms with Gasteiger partial charge in [-0.25, -0.2) is 4.79 Å². The Morgan fingerprint density at radius 2 is 1.70 bits per heavy atom. The van der Waals surface area contributed by atoms with Crippen LogP contribution in [0.4, 0.5) is 0 Å². The van der Waals surface area contributed by atoms with Gasteiger partial charge in [-0.2, -0.15) is 0 Å².